The number of nitrogens with zero attached hydrogens (tertiary/aromatic N) is 2. The molecule has 1 amide bonds. The number of hydrogen-bond acceptors (Lipinski definition) is 3. The summed E-state index contributed by atoms with van der Waals surface area (Å²) in [5, 5.41) is 3.46. The van der Waals surface area contributed by atoms with Crippen molar-refractivity contribution >= 4 is 5.91 Å². The number of nitrogens with one attached hydrogen (secondary N) is 1. The van der Waals surface area contributed by atoms with Crippen molar-refractivity contribution in [2.75, 3.05) is 0 Å². The molecule has 4 aliphatic rings. The van der Waals surface area contributed by atoms with Crippen molar-refractivity contribution < 1.29 is 4.79 Å². The average molecular weight is 333 g/mol. The van der Waals surface area contributed by atoms with E-state index in [2.05, 4.69) is 15.3 Å². The monoisotopic (exact) mass is 333 g/mol. The van der Waals surface area contributed by atoms with Gasteiger partial charge in [0.15, 0.2) is 5.82 Å². The molecule has 1 aromatic heterocycles. The van der Waals surface area contributed by atoms with Crippen LogP contribution in [0.3, 0.4) is 0 Å². The first-order chi connectivity index (χ1) is 12.2. The fraction of sp³-hybridized carbons (Fsp3) is 0.476. The SMILES string of the molecule is O=C(NC12CC3CC(CC(C3)C1)C2)c1ccccc1-c1ncccn1. The van der Waals surface area contributed by atoms with Crippen LogP contribution in [0.5, 0.6) is 0 Å². The molecule has 2 aromatic rings. The van der Waals surface area contributed by atoms with Crippen molar-refractivity contribution in [3.63, 3.8) is 0 Å². The highest BCUT2D eigenvalue weighted by molar-refractivity contribution is 6.00. The van der Waals surface area contributed by atoms with Gasteiger partial charge < -0.3 is 5.32 Å². The topological polar surface area (TPSA) is 54.9 Å². The summed E-state index contributed by atoms with van der Waals surface area (Å²) in [4.78, 5) is 21.8. The first kappa shape index (κ1) is 15.1. The minimum absolute atomic E-state index is 0.0243. The van der Waals surface area contributed by atoms with E-state index in [1.165, 1.54) is 19.3 Å². The summed E-state index contributed by atoms with van der Waals surface area (Å²) in [6, 6.07) is 9.47. The number of benzene rings is 1. The molecule has 0 unspecified atom stereocenters. The van der Waals surface area contributed by atoms with E-state index in [-0.39, 0.29) is 11.4 Å². The van der Waals surface area contributed by atoms with Gasteiger partial charge in [-0.05, 0) is 68.4 Å². The van der Waals surface area contributed by atoms with Crippen molar-refractivity contribution in [1.82, 2.24) is 15.3 Å². The zero-order valence-electron chi connectivity index (χ0n) is 14.3. The number of hydrogen-bond donors (Lipinski definition) is 1. The summed E-state index contributed by atoms with van der Waals surface area (Å²) in [6.45, 7) is 0. The van der Waals surface area contributed by atoms with Gasteiger partial charge in [0.25, 0.3) is 5.91 Å². The van der Waals surface area contributed by atoms with E-state index in [9.17, 15) is 4.79 Å². The second kappa shape index (κ2) is 5.65. The molecule has 1 heterocycles. The summed E-state index contributed by atoms with van der Waals surface area (Å²) in [5.74, 6) is 3.10. The van der Waals surface area contributed by atoms with E-state index in [4.69, 9.17) is 0 Å². The minimum Gasteiger partial charge on any atom is -0.347 e. The second-order valence-corrected chi connectivity index (χ2v) is 8.27. The molecule has 4 fully saturated rings. The van der Waals surface area contributed by atoms with E-state index in [1.54, 1.807) is 18.5 Å². The minimum atomic E-state index is 0.0243. The lowest BCUT2D eigenvalue weighted by molar-refractivity contribution is -0.0166. The fourth-order valence-electron chi connectivity index (χ4n) is 5.89. The van der Waals surface area contributed by atoms with Crippen molar-refractivity contribution in [1.29, 1.82) is 0 Å². The molecule has 128 valence electrons. The normalized spacial score (nSPS) is 32.6. The standard InChI is InChI=1S/C21H23N3O/c25-20(18-5-2-1-4-17(18)19-22-6-3-7-23-19)24-21-11-14-8-15(12-21)10-16(9-14)13-21/h1-7,14-16H,8-13H2,(H,24,25). The lowest BCUT2D eigenvalue weighted by atomic mass is 9.53. The second-order valence-electron chi connectivity index (χ2n) is 8.27. The van der Waals surface area contributed by atoms with Crippen LogP contribution in [0.15, 0.2) is 42.7 Å². The summed E-state index contributed by atoms with van der Waals surface area (Å²) in [6.07, 6.45) is 11.1. The molecule has 4 aliphatic carbocycles. The van der Waals surface area contributed by atoms with Crippen molar-refractivity contribution in [3.8, 4) is 11.4 Å². The molecular formula is C21H23N3O. The fourth-order valence-corrected chi connectivity index (χ4v) is 5.89. The van der Waals surface area contributed by atoms with Gasteiger partial charge in [-0.1, -0.05) is 18.2 Å². The van der Waals surface area contributed by atoms with Crippen LogP contribution < -0.4 is 5.32 Å². The zero-order valence-corrected chi connectivity index (χ0v) is 14.3. The highest BCUT2D eigenvalue weighted by atomic mass is 16.1. The molecule has 0 atom stereocenters. The van der Waals surface area contributed by atoms with Crippen molar-refractivity contribution in [3.05, 3.63) is 48.3 Å². The van der Waals surface area contributed by atoms with Gasteiger partial charge in [0.1, 0.15) is 0 Å². The molecule has 4 nitrogen and oxygen atoms in total. The van der Waals surface area contributed by atoms with Crippen LogP contribution in [0, 0.1) is 17.8 Å². The van der Waals surface area contributed by atoms with Crippen LogP contribution in [0.2, 0.25) is 0 Å². The molecular weight excluding hydrogens is 310 g/mol. The van der Waals surface area contributed by atoms with Crippen LogP contribution in [0.25, 0.3) is 11.4 Å². The Morgan fingerprint density at radius 2 is 1.52 bits per heavy atom. The van der Waals surface area contributed by atoms with Crippen LogP contribution >= 0.6 is 0 Å². The predicted molar refractivity (Wildman–Crippen MR) is 95.8 cm³/mol. The van der Waals surface area contributed by atoms with Crippen molar-refractivity contribution in [2.45, 2.75) is 44.1 Å². The van der Waals surface area contributed by atoms with Crippen molar-refractivity contribution in [2.24, 2.45) is 17.8 Å². The molecule has 4 heteroatoms. The zero-order chi connectivity index (χ0) is 16.9. The molecule has 25 heavy (non-hydrogen) atoms. The van der Waals surface area contributed by atoms with Gasteiger partial charge in [-0.15, -0.1) is 0 Å². The molecule has 1 N–H and O–H groups in total. The molecule has 0 spiro atoms. The third kappa shape index (κ3) is 2.64. The Labute approximate surface area is 148 Å². The maximum absolute atomic E-state index is 13.2. The lowest BCUT2D eigenvalue weighted by Gasteiger charge is -2.56. The van der Waals surface area contributed by atoms with Gasteiger partial charge >= 0.3 is 0 Å². The predicted octanol–water partition coefficient (Wildman–Crippen LogP) is 3.84. The molecule has 0 saturated heterocycles. The number of rotatable bonds is 3. The summed E-state index contributed by atoms with van der Waals surface area (Å²) >= 11 is 0. The smallest absolute Gasteiger partial charge is 0.252 e. The third-order valence-corrected chi connectivity index (χ3v) is 6.40. The van der Waals surface area contributed by atoms with Gasteiger partial charge in [0.05, 0.1) is 5.56 Å². The van der Waals surface area contributed by atoms with Gasteiger partial charge in [0.2, 0.25) is 0 Å². The maximum atomic E-state index is 13.2. The third-order valence-electron chi connectivity index (χ3n) is 6.40. The quantitative estimate of drug-likeness (QED) is 0.928. The number of aromatic nitrogens is 2. The Balaban J connectivity index is 1.44. The number of carbonyl (C=O) groups is 1. The molecule has 1 aromatic carbocycles. The largest absolute Gasteiger partial charge is 0.347 e. The highest BCUT2D eigenvalue weighted by Gasteiger charge is 2.51. The number of amides is 1. The van der Waals surface area contributed by atoms with Gasteiger partial charge in [0, 0.05) is 23.5 Å². The van der Waals surface area contributed by atoms with Crippen LogP contribution in [0.4, 0.5) is 0 Å². The van der Waals surface area contributed by atoms with E-state index < -0.39 is 0 Å². The maximum Gasteiger partial charge on any atom is 0.252 e. The molecule has 4 saturated carbocycles. The van der Waals surface area contributed by atoms with Crippen LogP contribution in [-0.2, 0) is 0 Å². The van der Waals surface area contributed by atoms with E-state index in [0.717, 1.165) is 42.6 Å². The molecule has 0 radical (unpaired) electrons. The van der Waals surface area contributed by atoms with E-state index in [0.29, 0.717) is 11.4 Å². The van der Waals surface area contributed by atoms with Gasteiger partial charge in [-0.25, -0.2) is 9.97 Å². The average Bonchev–Trinajstić information content (AvgIpc) is 2.61. The highest BCUT2D eigenvalue weighted by Crippen LogP contribution is 2.55. The summed E-state index contributed by atoms with van der Waals surface area (Å²) < 4.78 is 0. The Bertz CT molecular complexity index is 767. The van der Waals surface area contributed by atoms with Gasteiger partial charge in [-0.2, -0.15) is 0 Å². The Morgan fingerprint density at radius 1 is 0.920 bits per heavy atom. The Hall–Kier alpha value is -2.23. The molecule has 6 rings (SSSR count). The van der Waals surface area contributed by atoms with Gasteiger partial charge in [-0.3, -0.25) is 4.79 Å². The van der Waals surface area contributed by atoms with E-state index in [1.807, 2.05) is 24.3 Å². The summed E-state index contributed by atoms with van der Waals surface area (Å²) in [7, 11) is 0. The number of carbonyl (C=O) groups excluding carboxylic acids is 1. The molecule has 4 bridgehead atoms. The summed E-state index contributed by atoms with van der Waals surface area (Å²) in [5.41, 5.74) is 1.52. The first-order valence-electron chi connectivity index (χ1n) is 9.40. The first-order valence-corrected chi connectivity index (χ1v) is 9.40. The Morgan fingerprint density at radius 3 is 2.16 bits per heavy atom. The lowest BCUT2D eigenvalue weighted by Crippen LogP contribution is -2.59. The van der Waals surface area contributed by atoms with E-state index >= 15 is 0 Å². The van der Waals surface area contributed by atoms with Crippen LogP contribution in [-0.4, -0.2) is 21.4 Å². The Kier molecular flexibility index (Phi) is 3.40. The molecule has 0 aliphatic heterocycles. The van der Waals surface area contributed by atoms with Crippen LogP contribution in [0.1, 0.15) is 48.9 Å².